The second-order valence-electron chi connectivity index (χ2n) is 9.38. The lowest BCUT2D eigenvalue weighted by molar-refractivity contribution is -0.0351. The van der Waals surface area contributed by atoms with Crippen LogP contribution in [0, 0.1) is 11.3 Å². The monoisotopic (exact) mass is 470 g/mol. The molecule has 1 aromatic carbocycles. The van der Waals surface area contributed by atoms with Crippen LogP contribution in [-0.2, 0) is 4.74 Å². The average Bonchev–Trinajstić information content (AvgIpc) is 2.89. The number of piperidine rings is 1. The van der Waals surface area contributed by atoms with E-state index in [1.807, 2.05) is 36.4 Å². The van der Waals surface area contributed by atoms with Crippen molar-refractivity contribution in [2.75, 3.05) is 37.6 Å². The van der Waals surface area contributed by atoms with Crippen molar-refractivity contribution in [2.45, 2.75) is 38.0 Å². The number of fused-ring (bicyclic) bond motifs is 1. The zero-order chi connectivity index (χ0) is 24.2. The number of hydrogen-bond donors (Lipinski definition) is 1. The summed E-state index contributed by atoms with van der Waals surface area (Å²) in [6.07, 6.45) is 5.39. The van der Waals surface area contributed by atoms with Crippen LogP contribution in [0.15, 0.2) is 54.9 Å². The van der Waals surface area contributed by atoms with Gasteiger partial charge in [-0.2, -0.15) is 5.26 Å². The van der Waals surface area contributed by atoms with Crippen LogP contribution in [0.3, 0.4) is 0 Å². The van der Waals surface area contributed by atoms with Crippen molar-refractivity contribution in [3.05, 3.63) is 66.1 Å². The van der Waals surface area contributed by atoms with Crippen molar-refractivity contribution < 1.29 is 9.53 Å². The third kappa shape index (κ3) is 5.26. The number of aromatic nitrogens is 2. The van der Waals surface area contributed by atoms with E-state index in [-0.39, 0.29) is 24.2 Å². The molecule has 1 amide bonds. The molecule has 4 heterocycles. The van der Waals surface area contributed by atoms with Crippen molar-refractivity contribution in [1.82, 2.24) is 20.2 Å². The van der Waals surface area contributed by atoms with E-state index in [1.54, 1.807) is 18.5 Å². The van der Waals surface area contributed by atoms with Crippen LogP contribution in [0.4, 0.5) is 5.69 Å². The van der Waals surface area contributed by atoms with E-state index in [0.29, 0.717) is 11.3 Å². The third-order valence-corrected chi connectivity index (χ3v) is 6.82. The largest absolute Gasteiger partial charge is 0.370 e. The van der Waals surface area contributed by atoms with E-state index in [9.17, 15) is 10.1 Å². The van der Waals surface area contributed by atoms with Gasteiger partial charge in [0, 0.05) is 62.2 Å². The summed E-state index contributed by atoms with van der Waals surface area (Å²) in [6, 6.07) is 15.7. The molecule has 2 aliphatic heterocycles. The minimum Gasteiger partial charge on any atom is -0.370 e. The van der Waals surface area contributed by atoms with Gasteiger partial charge in [0.1, 0.15) is 11.8 Å². The van der Waals surface area contributed by atoms with Crippen molar-refractivity contribution >= 4 is 22.5 Å². The molecule has 35 heavy (non-hydrogen) atoms. The lowest BCUT2D eigenvalue weighted by atomic mass is 10.0. The number of carbonyl (C=O) groups is 1. The van der Waals surface area contributed by atoms with E-state index in [1.165, 1.54) is 0 Å². The molecule has 0 bridgehead atoms. The van der Waals surface area contributed by atoms with Crippen LogP contribution in [0.2, 0.25) is 0 Å². The Morgan fingerprint density at radius 2 is 1.94 bits per heavy atom. The summed E-state index contributed by atoms with van der Waals surface area (Å²) in [5, 5.41) is 13.6. The predicted octanol–water partition coefficient (Wildman–Crippen LogP) is 2.99. The first-order valence-corrected chi connectivity index (χ1v) is 12.2. The van der Waals surface area contributed by atoms with E-state index < -0.39 is 0 Å². The molecular formula is C27H30N6O2. The Bertz CT molecular complexity index is 1220. The average molecular weight is 471 g/mol. The number of ether oxygens (including phenoxy) is 1. The zero-order valence-corrected chi connectivity index (χ0v) is 19.9. The molecular weight excluding hydrogens is 440 g/mol. The molecule has 180 valence electrons. The van der Waals surface area contributed by atoms with Crippen molar-refractivity contribution in [3.8, 4) is 6.07 Å². The number of pyridine rings is 2. The van der Waals surface area contributed by atoms with Crippen LogP contribution in [0.1, 0.15) is 35.8 Å². The topological polar surface area (TPSA) is 94.4 Å². The van der Waals surface area contributed by atoms with Crippen molar-refractivity contribution in [2.24, 2.45) is 0 Å². The second-order valence-corrected chi connectivity index (χ2v) is 9.38. The van der Waals surface area contributed by atoms with E-state index >= 15 is 0 Å². The number of amides is 1. The fourth-order valence-corrected chi connectivity index (χ4v) is 5.17. The lowest BCUT2D eigenvalue weighted by Gasteiger charge is -2.41. The molecule has 0 radical (unpaired) electrons. The first-order chi connectivity index (χ1) is 17.1. The molecule has 0 aliphatic carbocycles. The van der Waals surface area contributed by atoms with Crippen molar-refractivity contribution in [3.63, 3.8) is 0 Å². The van der Waals surface area contributed by atoms with Gasteiger partial charge in [0.15, 0.2) is 0 Å². The second kappa shape index (κ2) is 10.4. The van der Waals surface area contributed by atoms with Crippen LogP contribution in [0.25, 0.3) is 10.9 Å². The summed E-state index contributed by atoms with van der Waals surface area (Å²) >= 11 is 0. The quantitative estimate of drug-likeness (QED) is 0.613. The third-order valence-electron chi connectivity index (χ3n) is 6.82. The predicted molar refractivity (Wildman–Crippen MR) is 134 cm³/mol. The van der Waals surface area contributed by atoms with Gasteiger partial charge in [0.2, 0.25) is 0 Å². The number of anilines is 1. The summed E-state index contributed by atoms with van der Waals surface area (Å²) in [5.74, 6) is -0.103. The molecule has 1 N–H and O–H groups in total. The van der Waals surface area contributed by atoms with Crippen molar-refractivity contribution in [1.29, 1.82) is 5.26 Å². The van der Waals surface area contributed by atoms with Crippen LogP contribution >= 0.6 is 0 Å². The SMILES string of the molecule is C[C@@H]1CN(c2ccc(C#N)c3ncccc23)C[C@H](CN2CCC(NC(=O)c3ccccn3)CC2)O1. The Morgan fingerprint density at radius 1 is 1.11 bits per heavy atom. The van der Waals surface area contributed by atoms with Gasteiger partial charge >= 0.3 is 0 Å². The van der Waals surface area contributed by atoms with Gasteiger partial charge in [0.25, 0.3) is 5.91 Å². The first-order valence-electron chi connectivity index (χ1n) is 12.2. The minimum absolute atomic E-state index is 0.0841. The van der Waals surface area contributed by atoms with Gasteiger partial charge in [-0.05, 0) is 56.2 Å². The Labute approximate surface area is 205 Å². The number of nitriles is 1. The highest BCUT2D eigenvalue weighted by atomic mass is 16.5. The Balaban J connectivity index is 1.20. The minimum atomic E-state index is -0.103. The maximum atomic E-state index is 12.4. The van der Waals surface area contributed by atoms with Crippen LogP contribution in [-0.4, -0.2) is 71.7 Å². The molecule has 8 nitrogen and oxygen atoms in total. The van der Waals surface area contributed by atoms with Gasteiger partial charge in [-0.3, -0.25) is 14.8 Å². The molecule has 2 aromatic heterocycles. The molecule has 2 atom stereocenters. The summed E-state index contributed by atoms with van der Waals surface area (Å²) in [7, 11) is 0. The number of hydrogen-bond acceptors (Lipinski definition) is 7. The number of nitrogens with one attached hydrogen (secondary N) is 1. The maximum absolute atomic E-state index is 12.4. The maximum Gasteiger partial charge on any atom is 0.270 e. The number of morpholine rings is 1. The molecule has 5 rings (SSSR count). The number of benzene rings is 1. The van der Waals surface area contributed by atoms with Gasteiger partial charge in [-0.25, -0.2) is 0 Å². The summed E-state index contributed by atoms with van der Waals surface area (Å²) < 4.78 is 6.32. The zero-order valence-electron chi connectivity index (χ0n) is 19.9. The smallest absolute Gasteiger partial charge is 0.270 e. The number of rotatable bonds is 5. The van der Waals surface area contributed by atoms with E-state index in [4.69, 9.17) is 4.74 Å². The number of carbonyl (C=O) groups excluding carboxylic acids is 1. The molecule has 0 saturated carbocycles. The van der Waals surface area contributed by atoms with E-state index in [2.05, 4.69) is 38.1 Å². The summed E-state index contributed by atoms with van der Waals surface area (Å²) in [4.78, 5) is 25.8. The Morgan fingerprint density at radius 3 is 2.71 bits per heavy atom. The molecule has 0 unspecified atom stereocenters. The highest BCUT2D eigenvalue weighted by Crippen LogP contribution is 2.30. The fourth-order valence-electron chi connectivity index (χ4n) is 5.17. The van der Waals surface area contributed by atoms with Gasteiger partial charge < -0.3 is 19.9 Å². The summed E-state index contributed by atoms with van der Waals surface area (Å²) in [5.41, 5.74) is 2.91. The Hall–Kier alpha value is -3.54. The normalized spacial score (nSPS) is 21.5. The van der Waals surface area contributed by atoms with Crippen LogP contribution < -0.4 is 10.2 Å². The molecule has 8 heteroatoms. The molecule has 3 aromatic rings. The lowest BCUT2D eigenvalue weighted by Crippen LogP contribution is -2.53. The summed E-state index contributed by atoms with van der Waals surface area (Å²) in [6.45, 7) is 6.40. The van der Waals surface area contributed by atoms with Gasteiger partial charge in [-0.1, -0.05) is 6.07 Å². The first kappa shape index (κ1) is 23.2. The molecule has 2 saturated heterocycles. The van der Waals surface area contributed by atoms with Crippen LogP contribution in [0.5, 0.6) is 0 Å². The van der Waals surface area contributed by atoms with Gasteiger partial charge in [0.05, 0.1) is 23.3 Å². The Kier molecular flexibility index (Phi) is 6.89. The van der Waals surface area contributed by atoms with E-state index in [0.717, 1.165) is 62.2 Å². The molecule has 2 fully saturated rings. The number of nitrogens with zero attached hydrogens (tertiary/aromatic N) is 5. The standard InChI is InChI=1S/C27H30N6O2/c1-19-16-33(25-8-7-20(15-28)26-23(25)5-4-12-30-26)18-22(35-19)17-32-13-9-21(10-14-32)31-27(34)24-6-2-3-11-29-24/h2-8,11-12,19,21-22H,9-10,13-14,16-18H2,1H3,(H,31,34)/t19-,22+/m1/s1. The molecule has 2 aliphatic rings. The number of likely N-dealkylation sites (tertiary alicyclic amines) is 1. The van der Waals surface area contributed by atoms with Gasteiger partial charge in [-0.15, -0.1) is 0 Å². The fraction of sp³-hybridized carbons (Fsp3) is 0.407. The highest BCUT2D eigenvalue weighted by molar-refractivity contribution is 5.95. The molecule has 0 spiro atoms. The highest BCUT2D eigenvalue weighted by Gasteiger charge is 2.30.